The Balaban J connectivity index is 2.01. The Morgan fingerprint density at radius 2 is 1.69 bits per heavy atom. The number of benzene rings is 2. The van der Waals surface area contributed by atoms with Crippen LogP contribution in [0.4, 0.5) is 0 Å². The van der Waals surface area contributed by atoms with Crippen LogP contribution in [0.2, 0.25) is 0 Å². The molecule has 134 valence electrons. The third-order valence-corrected chi connectivity index (χ3v) is 4.70. The first-order valence-electron chi connectivity index (χ1n) is 8.89. The fourth-order valence-corrected chi connectivity index (χ4v) is 3.41. The van der Waals surface area contributed by atoms with Crippen molar-refractivity contribution in [3.05, 3.63) is 83.1 Å². The van der Waals surface area contributed by atoms with Gasteiger partial charge in [-0.2, -0.15) is 0 Å². The normalized spacial score (nSPS) is 17.4. The van der Waals surface area contributed by atoms with Crippen LogP contribution in [-0.2, 0) is 20.9 Å². The molecule has 26 heavy (non-hydrogen) atoms. The van der Waals surface area contributed by atoms with Gasteiger partial charge in [-0.1, -0.05) is 60.7 Å². The summed E-state index contributed by atoms with van der Waals surface area (Å²) in [4.78, 5) is 27.2. The van der Waals surface area contributed by atoms with Crippen molar-refractivity contribution in [2.45, 2.75) is 32.7 Å². The van der Waals surface area contributed by atoms with Crippen LogP contribution in [0.1, 0.15) is 37.3 Å². The molecular weight excluding hydrogens is 326 g/mol. The summed E-state index contributed by atoms with van der Waals surface area (Å²) in [5.41, 5.74) is 3.25. The Hall–Kier alpha value is -2.88. The highest BCUT2D eigenvalue weighted by atomic mass is 16.5. The van der Waals surface area contributed by atoms with Gasteiger partial charge in [-0.15, -0.1) is 0 Å². The van der Waals surface area contributed by atoms with Crippen LogP contribution in [0.3, 0.4) is 0 Å². The van der Waals surface area contributed by atoms with Gasteiger partial charge in [-0.25, -0.2) is 4.79 Å². The van der Waals surface area contributed by atoms with E-state index in [0.717, 1.165) is 11.1 Å². The molecule has 2 aromatic rings. The molecule has 1 amide bonds. The molecule has 0 fully saturated rings. The molecule has 1 heterocycles. The Morgan fingerprint density at radius 1 is 1.08 bits per heavy atom. The molecule has 3 rings (SSSR count). The van der Waals surface area contributed by atoms with Crippen molar-refractivity contribution in [2.24, 2.45) is 0 Å². The highest BCUT2D eigenvalue weighted by Crippen LogP contribution is 2.37. The lowest BCUT2D eigenvalue weighted by atomic mass is 9.83. The second-order valence-electron chi connectivity index (χ2n) is 6.35. The first-order valence-corrected chi connectivity index (χ1v) is 8.89. The van der Waals surface area contributed by atoms with Gasteiger partial charge in [-0.05, 0) is 25.0 Å². The average Bonchev–Trinajstić information content (AvgIpc) is 2.66. The number of amides is 1. The Labute approximate surface area is 154 Å². The molecule has 2 aromatic carbocycles. The number of hydrogen-bond donors (Lipinski definition) is 0. The van der Waals surface area contributed by atoms with E-state index in [2.05, 4.69) is 0 Å². The van der Waals surface area contributed by atoms with Gasteiger partial charge in [0, 0.05) is 18.0 Å². The van der Waals surface area contributed by atoms with Gasteiger partial charge < -0.3 is 9.64 Å². The molecule has 1 aliphatic rings. The van der Waals surface area contributed by atoms with Crippen LogP contribution >= 0.6 is 0 Å². The molecule has 0 radical (unpaired) electrons. The molecule has 1 aliphatic heterocycles. The van der Waals surface area contributed by atoms with E-state index in [4.69, 9.17) is 4.74 Å². The molecule has 4 heteroatoms. The molecule has 0 aliphatic carbocycles. The van der Waals surface area contributed by atoms with Crippen molar-refractivity contribution in [1.82, 2.24) is 4.90 Å². The van der Waals surface area contributed by atoms with E-state index in [1.807, 2.05) is 67.6 Å². The summed E-state index contributed by atoms with van der Waals surface area (Å²) in [6.45, 7) is 4.39. The first kappa shape index (κ1) is 17.9. The van der Waals surface area contributed by atoms with E-state index in [9.17, 15) is 9.59 Å². The standard InChI is InChI=1S/C22H23NO3/c1-3-26-22(25)21-16(2)23(15-17-10-6-4-7-11-17)20(24)14-19(21)18-12-8-5-9-13-18/h4-13,19H,3,14-15H2,1-2H3. The minimum Gasteiger partial charge on any atom is -0.463 e. The SMILES string of the molecule is CCOC(=O)C1=C(C)N(Cc2ccccc2)C(=O)CC1c1ccccc1. The summed E-state index contributed by atoms with van der Waals surface area (Å²) in [6.07, 6.45) is 0.266. The van der Waals surface area contributed by atoms with Crippen LogP contribution in [0.5, 0.6) is 0 Å². The number of allylic oxidation sites excluding steroid dienone is 1. The lowest BCUT2D eigenvalue weighted by Crippen LogP contribution is -2.38. The zero-order valence-electron chi connectivity index (χ0n) is 15.1. The fraction of sp³-hybridized carbons (Fsp3) is 0.273. The minimum atomic E-state index is -0.343. The summed E-state index contributed by atoms with van der Waals surface area (Å²) in [6, 6.07) is 19.5. The number of hydrogen-bond acceptors (Lipinski definition) is 3. The van der Waals surface area contributed by atoms with Crippen molar-refractivity contribution in [1.29, 1.82) is 0 Å². The predicted octanol–water partition coefficient (Wildman–Crippen LogP) is 4.04. The van der Waals surface area contributed by atoms with E-state index in [-0.39, 0.29) is 24.2 Å². The average molecular weight is 349 g/mol. The monoisotopic (exact) mass is 349 g/mol. The van der Waals surface area contributed by atoms with E-state index < -0.39 is 0 Å². The summed E-state index contributed by atoms with van der Waals surface area (Å²) in [5.74, 6) is -0.590. The highest BCUT2D eigenvalue weighted by Gasteiger charge is 2.36. The van der Waals surface area contributed by atoms with Crippen molar-refractivity contribution in [3.8, 4) is 0 Å². The number of esters is 1. The molecule has 4 nitrogen and oxygen atoms in total. The molecular formula is C22H23NO3. The molecule has 1 unspecified atom stereocenters. The van der Waals surface area contributed by atoms with Gasteiger partial charge in [0.2, 0.25) is 5.91 Å². The number of carbonyl (C=O) groups excluding carboxylic acids is 2. The molecule has 0 saturated carbocycles. The Kier molecular flexibility index (Phi) is 5.52. The summed E-state index contributed by atoms with van der Waals surface area (Å²) >= 11 is 0. The van der Waals surface area contributed by atoms with Gasteiger partial charge in [0.25, 0.3) is 0 Å². The second kappa shape index (κ2) is 8.00. The zero-order valence-corrected chi connectivity index (χ0v) is 15.1. The maximum absolute atomic E-state index is 12.9. The van der Waals surface area contributed by atoms with E-state index >= 15 is 0 Å². The molecule has 0 aromatic heterocycles. The molecule has 0 saturated heterocycles. The maximum atomic E-state index is 12.9. The van der Waals surface area contributed by atoms with E-state index in [1.165, 1.54) is 0 Å². The topological polar surface area (TPSA) is 46.6 Å². The fourth-order valence-electron chi connectivity index (χ4n) is 3.41. The number of ether oxygens (including phenoxy) is 1. The molecule has 0 bridgehead atoms. The lowest BCUT2D eigenvalue weighted by Gasteiger charge is -2.34. The van der Waals surface area contributed by atoms with Crippen LogP contribution in [0.25, 0.3) is 0 Å². The Bertz CT molecular complexity index is 812. The van der Waals surface area contributed by atoms with Crippen molar-refractivity contribution < 1.29 is 14.3 Å². The minimum absolute atomic E-state index is 0.0215. The summed E-state index contributed by atoms with van der Waals surface area (Å²) in [5, 5.41) is 0. The van der Waals surface area contributed by atoms with Crippen LogP contribution in [0.15, 0.2) is 71.9 Å². The van der Waals surface area contributed by atoms with Gasteiger partial charge in [0.05, 0.1) is 18.7 Å². The lowest BCUT2D eigenvalue weighted by molar-refractivity contribution is -0.140. The highest BCUT2D eigenvalue weighted by molar-refractivity contribution is 5.95. The third-order valence-electron chi connectivity index (χ3n) is 4.70. The van der Waals surface area contributed by atoms with Gasteiger partial charge in [0.1, 0.15) is 0 Å². The Morgan fingerprint density at radius 3 is 2.31 bits per heavy atom. The second-order valence-corrected chi connectivity index (χ2v) is 6.35. The van der Waals surface area contributed by atoms with Gasteiger partial charge >= 0.3 is 5.97 Å². The molecule has 0 N–H and O–H groups in total. The van der Waals surface area contributed by atoms with Crippen LogP contribution in [0, 0.1) is 0 Å². The first-order chi connectivity index (χ1) is 12.6. The van der Waals surface area contributed by atoms with Crippen molar-refractivity contribution in [2.75, 3.05) is 6.61 Å². The van der Waals surface area contributed by atoms with Crippen molar-refractivity contribution >= 4 is 11.9 Å². The maximum Gasteiger partial charge on any atom is 0.336 e. The largest absolute Gasteiger partial charge is 0.463 e. The molecule has 1 atom stereocenters. The number of carbonyl (C=O) groups is 2. The number of nitrogens with zero attached hydrogens (tertiary/aromatic N) is 1. The zero-order chi connectivity index (χ0) is 18.5. The third kappa shape index (κ3) is 3.69. The molecule has 0 spiro atoms. The quantitative estimate of drug-likeness (QED) is 0.766. The van der Waals surface area contributed by atoms with Crippen molar-refractivity contribution in [3.63, 3.8) is 0 Å². The van der Waals surface area contributed by atoms with E-state index in [1.54, 1.807) is 11.8 Å². The summed E-state index contributed by atoms with van der Waals surface area (Å²) in [7, 11) is 0. The summed E-state index contributed by atoms with van der Waals surface area (Å²) < 4.78 is 5.30. The van der Waals surface area contributed by atoms with E-state index in [0.29, 0.717) is 24.4 Å². The van der Waals surface area contributed by atoms with Gasteiger partial charge in [0.15, 0.2) is 0 Å². The smallest absolute Gasteiger partial charge is 0.336 e. The predicted molar refractivity (Wildman–Crippen MR) is 100 cm³/mol. The van der Waals surface area contributed by atoms with Crippen LogP contribution < -0.4 is 0 Å². The number of rotatable bonds is 5. The van der Waals surface area contributed by atoms with Crippen LogP contribution in [-0.4, -0.2) is 23.4 Å². The van der Waals surface area contributed by atoms with Gasteiger partial charge in [-0.3, -0.25) is 4.79 Å².